The van der Waals surface area contributed by atoms with Crippen molar-refractivity contribution >= 4 is 22.4 Å². The van der Waals surface area contributed by atoms with Gasteiger partial charge < -0.3 is 5.32 Å². The number of amides is 1. The first-order chi connectivity index (χ1) is 13.6. The molecule has 1 aromatic carbocycles. The van der Waals surface area contributed by atoms with Crippen molar-refractivity contribution in [2.24, 2.45) is 0 Å². The van der Waals surface area contributed by atoms with Crippen LogP contribution in [0.25, 0.3) is 10.7 Å². The fourth-order valence-electron chi connectivity index (χ4n) is 2.43. The third kappa shape index (κ3) is 3.81. The number of nitrogens with zero attached hydrogens (tertiary/aromatic N) is 3. The highest BCUT2D eigenvalue weighted by Crippen LogP contribution is 2.33. The summed E-state index contributed by atoms with van der Waals surface area (Å²) in [5.41, 5.74) is -1.07. The molecule has 0 aliphatic heterocycles. The van der Waals surface area contributed by atoms with Crippen LogP contribution < -0.4 is 5.32 Å². The van der Waals surface area contributed by atoms with E-state index in [9.17, 15) is 35.5 Å². The van der Waals surface area contributed by atoms with Gasteiger partial charge in [-0.1, -0.05) is 11.3 Å². The minimum atomic E-state index is -2.87. The smallest absolute Gasteiger partial charge is 0.302 e. The summed E-state index contributed by atoms with van der Waals surface area (Å²) < 4.78 is 93.4. The number of halogens is 7. The second-order valence-corrected chi connectivity index (χ2v) is 6.64. The molecule has 0 radical (unpaired) electrons. The van der Waals surface area contributed by atoms with Gasteiger partial charge in [0.25, 0.3) is 0 Å². The van der Waals surface area contributed by atoms with Crippen LogP contribution in [0.1, 0.15) is 17.8 Å². The summed E-state index contributed by atoms with van der Waals surface area (Å²) in [6.07, 6.45) is 1.02. The SMILES string of the molecule is Cc1nc(NC(=O)Cc2c(F)c(F)c(F)c(F)c2F)sc1-c1nccn1C(F)F. The molecule has 1 amide bonds. The van der Waals surface area contributed by atoms with Gasteiger partial charge in [-0.3, -0.25) is 9.36 Å². The van der Waals surface area contributed by atoms with Crippen LogP contribution in [0.5, 0.6) is 0 Å². The number of benzene rings is 1. The molecule has 1 N–H and O–H groups in total. The van der Waals surface area contributed by atoms with Crippen LogP contribution in [0.2, 0.25) is 0 Å². The number of aromatic nitrogens is 3. The van der Waals surface area contributed by atoms with E-state index >= 15 is 0 Å². The molecule has 3 rings (SSSR count). The summed E-state index contributed by atoms with van der Waals surface area (Å²) in [4.78, 5) is 20.0. The number of carbonyl (C=O) groups is 1. The zero-order valence-corrected chi connectivity index (χ0v) is 15.1. The Morgan fingerprint density at radius 3 is 2.28 bits per heavy atom. The Morgan fingerprint density at radius 2 is 1.69 bits per heavy atom. The van der Waals surface area contributed by atoms with Gasteiger partial charge in [0.15, 0.2) is 34.2 Å². The van der Waals surface area contributed by atoms with Crippen molar-refractivity contribution in [1.29, 1.82) is 0 Å². The number of rotatable bonds is 5. The predicted molar refractivity (Wildman–Crippen MR) is 87.9 cm³/mol. The first-order valence-electron chi connectivity index (χ1n) is 7.70. The third-order valence-electron chi connectivity index (χ3n) is 3.76. The topological polar surface area (TPSA) is 59.8 Å². The molecule has 0 fully saturated rings. The molecule has 0 spiro atoms. The fourth-order valence-corrected chi connectivity index (χ4v) is 3.42. The number of hydrogen-bond donors (Lipinski definition) is 1. The van der Waals surface area contributed by atoms with Crippen LogP contribution in [0.4, 0.5) is 35.9 Å². The first kappa shape index (κ1) is 20.8. The largest absolute Gasteiger partial charge is 0.320 e. The van der Waals surface area contributed by atoms with Crippen LogP contribution in [0.15, 0.2) is 12.4 Å². The van der Waals surface area contributed by atoms with Gasteiger partial charge in [0.05, 0.1) is 17.0 Å². The molecule has 5 nitrogen and oxygen atoms in total. The van der Waals surface area contributed by atoms with Gasteiger partial charge >= 0.3 is 6.55 Å². The summed E-state index contributed by atoms with van der Waals surface area (Å²) in [7, 11) is 0. The quantitative estimate of drug-likeness (QED) is 0.360. The zero-order valence-electron chi connectivity index (χ0n) is 14.2. The van der Waals surface area contributed by atoms with Gasteiger partial charge in [-0.25, -0.2) is 31.9 Å². The standard InChI is InChI=1S/C16H9F7N4OS/c1-5-13(14-24-2-3-27(14)15(22)23)29-16(25-5)26-7(28)4-6-8(17)10(19)12(21)11(20)9(6)18/h2-3,15H,4H2,1H3,(H,25,26,28). The number of carbonyl (C=O) groups excluding carboxylic acids is 1. The molecule has 0 saturated heterocycles. The van der Waals surface area contributed by atoms with Gasteiger partial charge in [0, 0.05) is 18.0 Å². The molecule has 0 aliphatic rings. The van der Waals surface area contributed by atoms with E-state index in [4.69, 9.17) is 0 Å². The van der Waals surface area contributed by atoms with E-state index in [-0.39, 0.29) is 21.5 Å². The second kappa shape index (κ2) is 7.81. The maximum atomic E-state index is 13.7. The average Bonchev–Trinajstić information content (AvgIpc) is 3.28. The first-order valence-corrected chi connectivity index (χ1v) is 8.52. The highest BCUT2D eigenvalue weighted by atomic mass is 32.1. The summed E-state index contributed by atoms with van der Waals surface area (Å²) in [6.45, 7) is -1.42. The minimum Gasteiger partial charge on any atom is -0.302 e. The van der Waals surface area contributed by atoms with E-state index in [0.717, 1.165) is 23.7 Å². The molecular formula is C16H9F7N4OS. The summed E-state index contributed by atoms with van der Waals surface area (Å²) >= 11 is 0.749. The van der Waals surface area contributed by atoms with E-state index in [0.29, 0.717) is 4.57 Å². The summed E-state index contributed by atoms with van der Waals surface area (Å²) in [6, 6.07) is 0. The molecule has 13 heteroatoms. The van der Waals surface area contributed by atoms with Crippen LogP contribution in [-0.4, -0.2) is 20.4 Å². The highest BCUT2D eigenvalue weighted by Gasteiger charge is 2.27. The summed E-state index contributed by atoms with van der Waals surface area (Å²) in [5.74, 6) is -12.1. The Kier molecular flexibility index (Phi) is 5.59. The lowest BCUT2D eigenvalue weighted by atomic mass is 10.1. The van der Waals surface area contributed by atoms with Crippen molar-refractivity contribution < 1.29 is 35.5 Å². The Morgan fingerprint density at radius 1 is 1.10 bits per heavy atom. The highest BCUT2D eigenvalue weighted by molar-refractivity contribution is 7.19. The number of hydrogen-bond acceptors (Lipinski definition) is 4. The Balaban J connectivity index is 1.84. The third-order valence-corrected chi connectivity index (χ3v) is 4.83. The molecule has 3 aromatic rings. The molecule has 0 unspecified atom stereocenters. The van der Waals surface area contributed by atoms with Crippen LogP contribution in [-0.2, 0) is 11.2 Å². The van der Waals surface area contributed by atoms with Crippen LogP contribution >= 0.6 is 11.3 Å². The number of anilines is 1. The average molecular weight is 438 g/mol. The van der Waals surface area contributed by atoms with Gasteiger partial charge in [0.1, 0.15) is 0 Å². The number of thiazole rings is 1. The van der Waals surface area contributed by atoms with E-state index in [1.165, 1.54) is 6.92 Å². The maximum absolute atomic E-state index is 13.7. The van der Waals surface area contributed by atoms with Crippen molar-refractivity contribution in [3.63, 3.8) is 0 Å². The van der Waals surface area contributed by atoms with Crippen molar-refractivity contribution in [1.82, 2.24) is 14.5 Å². The monoisotopic (exact) mass is 438 g/mol. The van der Waals surface area contributed by atoms with Gasteiger partial charge in [-0.05, 0) is 6.92 Å². The molecule has 29 heavy (non-hydrogen) atoms. The lowest BCUT2D eigenvalue weighted by molar-refractivity contribution is -0.115. The second-order valence-electron chi connectivity index (χ2n) is 5.64. The fraction of sp³-hybridized carbons (Fsp3) is 0.188. The molecular weight excluding hydrogens is 429 g/mol. The molecule has 0 aliphatic carbocycles. The van der Waals surface area contributed by atoms with Gasteiger partial charge in [-0.2, -0.15) is 8.78 Å². The molecule has 0 atom stereocenters. The number of alkyl halides is 2. The van der Waals surface area contributed by atoms with Crippen molar-refractivity contribution in [3.05, 3.63) is 52.7 Å². The van der Waals surface area contributed by atoms with E-state index in [1.807, 2.05) is 0 Å². The molecule has 2 heterocycles. The zero-order chi connectivity index (χ0) is 21.5. The number of imidazole rings is 1. The van der Waals surface area contributed by atoms with Crippen molar-refractivity contribution in [2.45, 2.75) is 19.9 Å². The van der Waals surface area contributed by atoms with Gasteiger partial charge in [-0.15, -0.1) is 0 Å². The van der Waals surface area contributed by atoms with Gasteiger partial charge in [0.2, 0.25) is 11.7 Å². The van der Waals surface area contributed by atoms with Crippen molar-refractivity contribution in [2.75, 3.05) is 5.32 Å². The van der Waals surface area contributed by atoms with Crippen LogP contribution in [0.3, 0.4) is 0 Å². The Bertz CT molecular complexity index is 1070. The Hall–Kier alpha value is -2.96. The van der Waals surface area contributed by atoms with Crippen molar-refractivity contribution in [3.8, 4) is 10.7 Å². The maximum Gasteiger partial charge on any atom is 0.320 e. The lowest BCUT2D eigenvalue weighted by Gasteiger charge is -2.07. The number of aryl methyl sites for hydroxylation is 1. The van der Waals surface area contributed by atoms with Crippen LogP contribution in [0, 0.1) is 36.0 Å². The normalized spacial score (nSPS) is 11.3. The minimum absolute atomic E-state index is 0.115. The molecule has 2 aromatic heterocycles. The van der Waals surface area contributed by atoms with E-state index in [1.54, 1.807) is 0 Å². The molecule has 0 saturated carbocycles. The summed E-state index contributed by atoms with van der Waals surface area (Å²) in [5, 5.41) is 2.01. The molecule has 154 valence electrons. The lowest BCUT2D eigenvalue weighted by Crippen LogP contribution is -2.18. The predicted octanol–water partition coefficient (Wildman–Crippen LogP) is 4.59. The molecule has 0 bridgehead atoms. The van der Waals surface area contributed by atoms with E-state index < -0.39 is 53.5 Å². The Labute approximate surface area is 161 Å². The number of nitrogens with one attached hydrogen (secondary N) is 1. The van der Waals surface area contributed by atoms with E-state index in [2.05, 4.69) is 15.3 Å².